The Morgan fingerprint density at radius 3 is 2.29 bits per heavy atom. The smallest absolute Gasteiger partial charge is 0.0945 e. The van der Waals surface area contributed by atoms with Gasteiger partial charge in [-0.1, -0.05) is 23.8 Å². The number of benzene rings is 1. The fourth-order valence-electron chi connectivity index (χ4n) is 2.29. The molecule has 0 aliphatic heterocycles. The van der Waals surface area contributed by atoms with Crippen molar-refractivity contribution in [3.05, 3.63) is 47.0 Å². The molecule has 0 aliphatic rings. The van der Waals surface area contributed by atoms with E-state index in [1.807, 2.05) is 6.92 Å². The third kappa shape index (κ3) is 3.42. The summed E-state index contributed by atoms with van der Waals surface area (Å²) in [5.74, 6) is 0. The zero-order valence-corrected chi connectivity index (χ0v) is 11.2. The average molecular weight is 233 g/mol. The Bertz CT molecular complexity index is 375. The van der Waals surface area contributed by atoms with Gasteiger partial charge in [-0.25, -0.2) is 0 Å². The second kappa shape index (κ2) is 5.99. The Morgan fingerprint density at radius 1 is 1.29 bits per heavy atom. The summed E-state index contributed by atoms with van der Waals surface area (Å²) < 4.78 is 0. The molecule has 1 aromatic carbocycles. The van der Waals surface area contributed by atoms with Crippen LogP contribution in [0.5, 0.6) is 0 Å². The number of hydrogen-bond donors (Lipinski definition) is 2. The maximum absolute atomic E-state index is 10.4. The van der Waals surface area contributed by atoms with E-state index in [-0.39, 0.29) is 6.04 Å². The fraction of sp³-hybridized carbons (Fsp3) is 0.467. The van der Waals surface area contributed by atoms with Gasteiger partial charge < -0.3 is 10.4 Å². The van der Waals surface area contributed by atoms with E-state index in [0.29, 0.717) is 6.54 Å². The maximum Gasteiger partial charge on any atom is 0.0945 e. The Hall–Kier alpha value is -1.12. The van der Waals surface area contributed by atoms with Crippen molar-refractivity contribution in [2.45, 2.75) is 39.8 Å². The lowest BCUT2D eigenvalue weighted by Gasteiger charge is -2.23. The monoisotopic (exact) mass is 233 g/mol. The largest absolute Gasteiger partial charge is 0.387 e. The fourth-order valence-corrected chi connectivity index (χ4v) is 2.29. The van der Waals surface area contributed by atoms with Gasteiger partial charge in [0, 0.05) is 12.6 Å². The van der Waals surface area contributed by atoms with Crippen molar-refractivity contribution in [2.24, 2.45) is 0 Å². The first-order chi connectivity index (χ1) is 7.97. The van der Waals surface area contributed by atoms with Gasteiger partial charge in [-0.2, -0.15) is 0 Å². The highest BCUT2D eigenvalue weighted by Crippen LogP contribution is 2.25. The minimum absolute atomic E-state index is 0.0214. The molecule has 94 valence electrons. The molecule has 0 heterocycles. The van der Waals surface area contributed by atoms with Crippen molar-refractivity contribution >= 4 is 0 Å². The number of rotatable bonds is 5. The SMILES string of the molecule is C=CCNC(C)C(O)c1c(C)cc(C)cc1C. The number of aliphatic hydroxyl groups is 1. The van der Waals surface area contributed by atoms with Crippen LogP contribution < -0.4 is 5.32 Å². The van der Waals surface area contributed by atoms with Gasteiger partial charge >= 0.3 is 0 Å². The predicted molar refractivity (Wildman–Crippen MR) is 73.3 cm³/mol. The molecule has 1 aromatic rings. The van der Waals surface area contributed by atoms with Gasteiger partial charge in [0.2, 0.25) is 0 Å². The maximum atomic E-state index is 10.4. The quantitative estimate of drug-likeness (QED) is 0.766. The average Bonchev–Trinajstić information content (AvgIpc) is 2.24. The molecule has 0 aliphatic carbocycles. The highest BCUT2D eigenvalue weighted by molar-refractivity contribution is 5.39. The zero-order valence-electron chi connectivity index (χ0n) is 11.2. The van der Waals surface area contributed by atoms with Gasteiger partial charge in [-0.3, -0.25) is 0 Å². The molecule has 0 spiro atoms. The van der Waals surface area contributed by atoms with Crippen LogP contribution in [-0.2, 0) is 0 Å². The van der Waals surface area contributed by atoms with E-state index < -0.39 is 6.10 Å². The highest BCUT2D eigenvalue weighted by atomic mass is 16.3. The second-order valence-corrected chi connectivity index (χ2v) is 4.74. The molecular weight excluding hydrogens is 210 g/mol. The summed E-state index contributed by atoms with van der Waals surface area (Å²) in [7, 11) is 0. The Balaban J connectivity index is 2.95. The van der Waals surface area contributed by atoms with Crippen LogP contribution in [0.4, 0.5) is 0 Å². The molecule has 2 N–H and O–H groups in total. The van der Waals surface area contributed by atoms with Gasteiger partial charge in [0.1, 0.15) is 0 Å². The van der Waals surface area contributed by atoms with E-state index in [2.05, 4.69) is 44.8 Å². The third-order valence-electron chi connectivity index (χ3n) is 3.09. The van der Waals surface area contributed by atoms with Gasteiger partial charge in [0.15, 0.2) is 0 Å². The summed E-state index contributed by atoms with van der Waals surface area (Å²) in [5.41, 5.74) is 4.59. The standard InChI is InChI=1S/C15H23NO/c1-6-7-16-13(5)15(17)14-11(3)8-10(2)9-12(14)4/h6,8-9,13,15-17H,1,7H2,2-5H3. The molecule has 2 atom stereocenters. The van der Waals surface area contributed by atoms with Crippen molar-refractivity contribution in [1.29, 1.82) is 0 Å². The zero-order chi connectivity index (χ0) is 13.0. The minimum Gasteiger partial charge on any atom is -0.387 e. The minimum atomic E-state index is -0.476. The molecule has 0 fully saturated rings. The normalized spacial score (nSPS) is 14.4. The number of nitrogens with one attached hydrogen (secondary N) is 1. The molecule has 17 heavy (non-hydrogen) atoms. The van der Waals surface area contributed by atoms with Crippen molar-refractivity contribution in [3.63, 3.8) is 0 Å². The topological polar surface area (TPSA) is 32.3 Å². The summed E-state index contributed by atoms with van der Waals surface area (Å²) in [6.07, 6.45) is 1.33. The first-order valence-electron chi connectivity index (χ1n) is 6.07. The number of aryl methyl sites for hydroxylation is 3. The van der Waals surface area contributed by atoms with E-state index in [4.69, 9.17) is 0 Å². The summed E-state index contributed by atoms with van der Waals surface area (Å²) in [6, 6.07) is 4.26. The van der Waals surface area contributed by atoms with Crippen molar-refractivity contribution in [1.82, 2.24) is 5.32 Å². The molecule has 0 amide bonds. The van der Waals surface area contributed by atoms with Gasteiger partial charge in [0.25, 0.3) is 0 Å². The molecular formula is C15H23NO. The van der Waals surface area contributed by atoms with Crippen LogP contribution in [0.25, 0.3) is 0 Å². The summed E-state index contributed by atoms with van der Waals surface area (Å²) in [4.78, 5) is 0. The predicted octanol–water partition coefficient (Wildman–Crippen LogP) is 2.81. The third-order valence-corrected chi connectivity index (χ3v) is 3.09. The molecule has 0 radical (unpaired) electrons. The van der Waals surface area contributed by atoms with E-state index in [1.165, 1.54) is 5.56 Å². The van der Waals surface area contributed by atoms with Crippen LogP contribution in [0.3, 0.4) is 0 Å². The van der Waals surface area contributed by atoms with Crippen LogP contribution in [0, 0.1) is 20.8 Å². The summed E-state index contributed by atoms with van der Waals surface area (Å²) in [6.45, 7) is 12.6. The van der Waals surface area contributed by atoms with E-state index in [1.54, 1.807) is 6.08 Å². The van der Waals surface area contributed by atoms with E-state index in [0.717, 1.165) is 16.7 Å². The summed E-state index contributed by atoms with van der Waals surface area (Å²) >= 11 is 0. The molecule has 0 bridgehead atoms. The Morgan fingerprint density at radius 2 is 1.82 bits per heavy atom. The second-order valence-electron chi connectivity index (χ2n) is 4.74. The molecule has 2 heteroatoms. The molecule has 0 saturated carbocycles. The van der Waals surface area contributed by atoms with Gasteiger partial charge in [-0.05, 0) is 44.4 Å². The first-order valence-corrected chi connectivity index (χ1v) is 6.07. The van der Waals surface area contributed by atoms with Gasteiger partial charge in [0.05, 0.1) is 6.10 Å². The Kier molecular flexibility index (Phi) is 4.91. The lowest BCUT2D eigenvalue weighted by Crippen LogP contribution is -2.32. The van der Waals surface area contributed by atoms with Crippen LogP contribution in [0.1, 0.15) is 35.3 Å². The van der Waals surface area contributed by atoms with Crippen LogP contribution in [0.15, 0.2) is 24.8 Å². The first kappa shape index (κ1) is 13.9. The van der Waals surface area contributed by atoms with Crippen molar-refractivity contribution < 1.29 is 5.11 Å². The van der Waals surface area contributed by atoms with Crippen LogP contribution in [-0.4, -0.2) is 17.7 Å². The van der Waals surface area contributed by atoms with E-state index in [9.17, 15) is 5.11 Å². The van der Waals surface area contributed by atoms with Crippen molar-refractivity contribution in [3.8, 4) is 0 Å². The summed E-state index contributed by atoms with van der Waals surface area (Å²) in [5, 5.41) is 13.6. The molecule has 2 nitrogen and oxygen atoms in total. The van der Waals surface area contributed by atoms with Crippen molar-refractivity contribution in [2.75, 3.05) is 6.54 Å². The van der Waals surface area contributed by atoms with Crippen LogP contribution >= 0.6 is 0 Å². The molecule has 2 unspecified atom stereocenters. The lowest BCUT2D eigenvalue weighted by molar-refractivity contribution is 0.137. The molecule has 1 rings (SSSR count). The molecule has 0 aromatic heterocycles. The number of aliphatic hydroxyl groups excluding tert-OH is 1. The lowest BCUT2D eigenvalue weighted by atomic mass is 9.92. The molecule has 0 saturated heterocycles. The highest BCUT2D eigenvalue weighted by Gasteiger charge is 2.19. The van der Waals surface area contributed by atoms with Crippen LogP contribution in [0.2, 0.25) is 0 Å². The Labute approximate surface area is 104 Å². The van der Waals surface area contributed by atoms with E-state index >= 15 is 0 Å². The number of hydrogen-bond acceptors (Lipinski definition) is 2. The van der Waals surface area contributed by atoms with Gasteiger partial charge in [-0.15, -0.1) is 6.58 Å².